The van der Waals surface area contributed by atoms with E-state index in [0.717, 1.165) is 25.7 Å². The normalized spacial score (nSPS) is 58.4. The van der Waals surface area contributed by atoms with Crippen molar-refractivity contribution < 1.29 is 15.0 Å². The Morgan fingerprint density at radius 1 is 1.22 bits per heavy atom. The number of ketones is 1. The number of hydrogen-bond donors (Lipinski definition) is 2. The largest absolute Gasteiger partial charge is 0.393 e. The second kappa shape index (κ2) is 4.40. The number of rotatable bonds is 1. The van der Waals surface area contributed by atoms with E-state index in [-0.39, 0.29) is 34.7 Å². The summed E-state index contributed by atoms with van der Waals surface area (Å²) in [5.41, 5.74) is -0.694. The first-order valence-corrected chi connectivity index (χ1v) is 9.45. The van der Waals surface area contributed by atoms with E-state index in [1.807, 2.05) is 13.8 Å². The van der Waals surface area contributed by atoms with Crippen molar-refractivity contribution in [3.05, 3.63) is 0 Å². The Labute approximate surface area is 139 Å². The molecule has 0 bridgehead atoms. The molecule has 130 valence electrons. The summed E-state index contributed by atoms with van der Waals surface area (Å²) in [5, 5.41) is 21.7. The zero-order chi connectivity index (χ0) is 16.9. The highest BCUT2D eigenvalue weighted by atomic mass is 16.3. The number of aliphatic hydroxyl groups is 2. The van der Waals surface area contributed by atoms with Gasteiger partial charge >= 0.3 is 0 Å². The van der Waals surface area contributed by atoms with E-state index in [0.29, 0.717) is 23.5 Å². The number of carbonyl (C=O) groups is 1. The lowest BCUT2D eigenvalue weighted by atomic mass is 9.35. The van der Waals surface area contributed by atoms with Crippen molar-refractivity contribution in [3.63, 3.8) is 0 Å². The van der Waals surface area contributed by atoms with Crippen molar-refractivity contribution >= 4 is 5.78 Å². The average Bonchev–Trinajstić information content (AvgIpc) is 2.84. The van der Waals surface area contributed by atoms with Crippen LogP contribution in [0.15, 0.2) is 0 Å². The van der Waals surface area contributed by atoms with Gasteiger partial charge in [0.2, 0.25) is 0 Å². The Hall–Kier alpha value is -0.410. The summed E-state index contributed by atoms with van der Waals surface area (Å²) in [5.74, 6) is 2.47. The van der Waals surface area contributed by atoms with E-state index in [9.17, 15) is 15.0 Å². The molecule has 3 heteroatoms. The fourth-order valence-corrected chi connectivity index (χ4v) is 8.13. The molecule has 4 fully saturated rings. The van der Waals surface area contributed by atoms with Crippen LogP contribution in [0.1, 0.15) is 60.3 Å². The van der Waals surface area contributed by atoms with Crippen LogP contribution in [0.4, 0.5) is 0 Å². The summed E-state index contributed by atoms with van der Waals surface area (Å²) in [4.78, 5) is 12.5. The van der Waals surface area contributed by atoms with Crippen LogP contribution in [0.3, 0.4) is 0 Å². The number of hydrogen-bond acceptors (Lipinski definition) is 3. The second-order valence-corrected chi connectivity index (χ2v) is 10.3. The lowest BCUT2D eigenvalue weighted by Crippen LogP contribution is -2.68. The predicted molar refractivity (Wildman–Crippen MR) is 88.6 cm³/mol. The van der Waals surface area contributed by atoms with Gasteiger partial charge in [-0.1, -0.05) is 20.8 Å². The minimum atomic E-state index is -0.739. The van der Waals surface area contributed by atoms with E-state index >= 15 is 0 Å². The van der Waals surface area contributed by atoms with Crippen LogP contribution in [0.5, 0.6) is 0 Å². The predicted octanol–water partition coefficient (Wildman–Crippen LogP) is 3.03. The van der Waals surface area contributed by atoms with Gasteiger partial charge in [-0.2, -0.15) is 0 Å². The van der Waals surface area contributed by atoms with Gasteiger partial charge in [-0.3, -0.25) is 4.79 Å². The minimum absolute atomic E-state index is 0.0222. The van der Waals surface area contributed by atoms with E-state index in [1.165, 1.54) is 0 Å². The van der Waals surface area contributed by atoms with Crippen LogP contribution in [0, 0.1) is 46.3 Å². The molecule has 0 radical (unpaired) electrons. The lowest BCUT2D eigenvalue weighted by molar-refractivity contribution is -0.245. The van der Waals surface area contributed by atoms with Crippen molar-refractivity contribution in [2.45, 2.75) is 72.0 Å². The zero-order valence-electron chi connectivity index (χ0n) is 15.2. The molecule has 9 atom stereocenters. The van der Waals surface area contributed by atoms with E-state index < -0.39 is 5.60 Å². The molecule has 9 unspecified atom stereocenters. The van der Waals surface area contributed by atoms with Crippen molar-refractivity contribution in [3.8, 4) is 0 Å². The summed E-state index contributed by atoms with van der Waals surface area (Å²) >= 11 is 0. The Balaban J connectivity index is 1.76. The molecular weight excluding hydrogens is 288 g/mol. The van der Waals surface area contributed by atoms with Gasteiger partial charge in [-0.15, -0.1) is 0 Å². The minimum Gasteiger partial charge on any atom is -0.393 e. The molecule has 23 heavy (non-hydrogen) atoms. The maximum Gasteiger partial charge on any atom is 0.137 e. The molecule has 0 saturated heterocycles. The Bertz CT molecular complexity index is 550. The van der Waals surface area contributed by atoms with Gasteiger partial charge in [0.25, 0.3) is 0 Å². The lowest BCUT2D eigenvalue weighted by Gasteiger charge is -2.69. The van der Waals surface area contributed by atoms with Gasteiger partial charge in [-0.25, -0.2) is 0 Å². The molecule has 0 amide bonds. The monoisotopic (exact) mass is 320 g/mol. The first-order chi connectivity index (χ1) is 10.5. The van der Waals surface area contributed by atoms with Gasteiger partial charge in [0.05, 0.1) is 11.7 Å². The van der Waals surface area contributed by atoms with Crippen LogP contribution in [0.2, 0.25) is 0 Å². The molecule has 0 heterocycles. The van der Waals surface area contributed by atoms with Gasteiger partial charge in [-0.05, 0) is 73.5 Å². The van der Waals surface area contributed by atoms with Gasteiger partial charge in [0, 0.05) is 12.3 Å². The summed E-state index contributed by atoms with van der Waals surface area (Å²) in [7, 11) is 0. The third-order valence-corrected chi connectivity index (χ3v) is 8.59. The molecule has 4 aliphatic rings. The molecule has 0 aromatic heterocycles. The van der Waals surface area contributed by atoms with Crippen molar-refractivity contribution in [1.29, 1.82) is 0 Å². The molecule has 4 rings (SSSR count). The zero-order valence-corrected chi connectivity index (χ0v) is 15.2. The fourth-order valence-electron chi connectivity index (χ4n) is 8.13. The van der Waals surface area contributed by atoms with Crippen LogP contribution in [-0.4, -0.2) is 27.7 Å². The highest BCUT2D eigenvalue weighted by Gasteiger charge is 2.75. The van der Waals surface area contributed by atoms with Crippen LogP contribution in [0.25, 0.3) is 0 Å². The maximum absolute atomic E-state index is 12.5. The van der Waals surface area contributed by atoms with E-state index in [4.69, 9.17) is 0 Å². The summed E-state index contributed by atoms with van der Waals surface area (Å²) in [6, 6.07) is 0. The third-order valence-electron chi connectivity index (χ3n) is 8.59. The first-order valence-electron chi connectivity index (χ1n) is 9.45. The fraction of sp³-hybridized carbons (Fsp3) is 0.950. The van der Waals surface area contributed by atoms with Gasteiger partial charge in [0.1, 0.15) is 5.78 Å². The molecule has 0 aliphatic heterocycles. The van der Waals surface area contributed by atoms with Crippen LogP contribution < -0.4 is 0 Å². The highest BCUT2D eigenvalue weighted by Crippen LogP contribution is 2.77. The second-order valence-electron chi connectivity index (χ2n) is 10.3. The van der Waals surface area contributed by atoms with Crippen molar-refractivity contribution in [1.82, 2.24) is 0 Å². The van der Waals surface area contributed by atoms with Crippen LogP contribution in [-0.2, 0) is 4.79 Å². The highest BCUT2D eigenvalue weighted by molar-refractivity contribution is 5.86. The van der Waals surface area contributed by atoms with Crippen molar-refractivity contribution in [2.75, 3.05) is 0 Å². The van der Waals surface area contributed by atoms with Crippen molar-refractivity contribution in [2.24, 2.45) is 46.3 Å². The smallest absolute Gasteiger partial charge is 0.137 e. The first kappa shape index (κ1) is 16.1. The summed E-state index contributed by atoms with van der Waals surface area (Å²) in [6.07, 6.45) is 3.16. The Morgan fingerprint density at radius 2 is 1.87 bits per heavy atom. The molecule has 0 spiro atoms. The molecule has 3 nitrogen and oxygen atoms in total. The van der Waals surface area contributed by atoms with Gasteiger partial charge in [0.15, 0.2) is 0 Å². The number of carbonyl (C=O) groups excluding carboxylic acids is 1. The Kier molecular flexibility index (Phi) is 3.08. The molecular formula is C20H32O3. The Morgan fingerprint density at radius 3 is 2.48 bits per heavy atom. The number of aliphatic hydroxyl groups excluding tert-OH is 1. The average molecular weight is 320 g/mol. The summed E-state index contributed by atoms with van der Waals surface area (Å²) in [6.45, 7) is 10.6. The number of fused-ring (bicyclic) bond motifs is 6. The van der Waals surface area contributed by atoms with E-state index in [2.05, 4.69) is 20.8 Å². The van der Waals surface area contributed by atoms with E-state index in [1.54, 1.807) is 0 Å². The molecule has 0 aromatic carbocycles. The molecule has 4 aliphatic carbocycles. The SMILES string of the molecule is CC1CC(=O)C2C1C1C2(C)CC(O)C2C(C(C)(C)O)CCC21C. The number of Topliss-reactive ketones (excluding diaryl/α,β-unsaturated/α-hetero) is 1. The quantitative estimate of drug-likeness (QED) is 0.781. The topological polar surface area (TPSA) is 57.5 Å². The standard InChI is InChI=1S/C20H32O3/c1-10-8-12(21)16-14(10)17-19(4)7-6-11(18(2,3)23)15(19)13(22)9-20(16,17)5/h10-11,13-17,22-23H,6-9H2,1-5H3. The maximum atomic E-state index is 12.5. The molecule has 2 N–H and O–H groups in total. The molecule has 4 saturated carbocycles. The third kappa shape index (κ3) is 1.76. The molecule has 0 aromatic rings. The van der Waals surface area contributed by atoms with Crippen LogP contribution >= 0.6 is 0 Å². The van der Waals surface area contributed by atoms with Gasteiger partial charge < -0.3 is 10.2 Å². The summed E-state index contributed by atoms with van der Waals surface area (Å²) < 4.78 is 0.